The quantitative estimate of drug-likeness (QED) is 0.395. The minimum Gasteiger partial charge on any atom is -0.490 e. The van der Waals surface area contributed by atoms with Crippen LogP contribution in [-0.4, -0.2) is 31.5 Å². The highest BCUT2D eigenvalue weighted by Gasteiger charge is 2.15. The molecule has 0 aliphatic heterocycles. The van der Waals surface area contributed by atoms with Crippen molar-refractivity contribution >= 4 is 12.2 Å². The zero-order valence-electron chi connectivity index (χ0n) is 16.9. The first-order valence-electron chi connectivity index (χ1n) is 10.2. The summed E-state index contributed by atoms with van der Waals surface area (Å²) in [7, 11) is 0. The molecule has 2 amide bonds. The zero-order chi connectivity index (χ0) is 20.3. The van der Waals surface area contributed by atoms with Crippen LogP contribution in [0.15, 0.2) is 53.6 Å². The Kier molecular flexibility index (Phi) is 7.92. The first kappa shape index (κ1) is 20.7. The van der Waals surface area contributed by atoms with Crippen LogP contribution in [0.3, 0.4) is 0 Å². The Morgan fingerprint density at radius 3 is 2.55 bits per heavy atom. The van der Waals surface area contributed by atoms with Crippen molar-refractivity contribution in [3.05, 3.63) is 59.7 Å². The first-order valence-corrected chi connectivity index (χ1v) is 10.2. The van der Waals surface area contributed by atoms with Crippen LogP contribution in [0.5, 0.6) is 11.5 Å². The molecule has 0 unspecified atom stereocenters. The molecule has 6 heteroatoms. The van der Waals surface area contributed by atoms with Gasteiger partial charge in [0.15, 0.2) is 0 Å². The summed E-state index contributed by atoms with van der Waals surface area (Å²) in [5.41, 5.74) is 4.53. The molecule has 1 saturated carbocycles. The standard InChI is InChI=1S/C23H29N3O3/c1-18-11-13-21(14-12-18)28-15-16-29-22-10-6-5-7-19(22)17-24-26-23(27)25-20-8-3-2-4-9-20/h5-7,10-14,17,20H,2-4,8-9,15-16H2,1H3,(H2,25,26,27)/b24-17+. The van der Waals surface area contributed by atoms with Crippen LogP contribution in [0.1, 0.15) is 43.2 Å². The van der Waals surface area contributed by atoms with Crippen LogP contribution < -0.4 is 20.2 Å². The predicted octanol–water partition coefficient (Wildman–Crippen LogP) is 4.42. The summed E-state index contributed by atoms with van der Waals surface area (Å²) in [6.45, 7) is 2.89. The van der Waals surface area contributed by atoms with Crippen molar-refractivity contribution in [2.75, 3.05) is 13.2 Å². The van der Waals surface area contributed by atoms with Gasteiger partial charge >= 0.3 is 6.03 Å². The van der Waals surface area contributed by atoms with Gasteiger partial charge in [0.05, 0.1) is 6.21 Å². The van der Waals surface area contributed by atoms with Crippen molar-refractivity contribution in [2.45, 2.75) is 45.1 Å². The lowest BCUT2D eigenvalue weighted by molar-refractivity contribution is 0.217. The molecule has 1 fully saturated rings. The number of carbonyl (C=O) groups is 1. The third kappa shape index (κ3) is 7.14. The summed E-state index contributed by atoms with van der Waals surface area (Å²) in [6.07, 6.45) is 7.28. The molecule has 0 aromatic heterocycles. The zero-order valence-corrected chi connectivity index (χ0v) is 16.9. The number of nitrogens with one attached hydrogen (secondary N) is 2. The number of nitrogens with zero attached hydrogens (tertiary/aromatic N) is 1. The number of benzene rings is 2. The molecule has 1 aliphatic rings. The smallest absolute Gasteiger partial charge is 0.335 e. The SMILES string of the molecule is Cc1ccc(OCCOc2ccccc2/C=N/NC(=O)NC2CCCCC2)cc1. The molecule has 0 radical (unpaired) electrons. The molecule has 3 rings (SSSR count). The van der Waals surface area contributed by atoms with Crippen LogP contribution in [0.4, 0.5) is 4.79 Å². The number of amides is 2. The van der Waals surface area contributed by atoms with Gasteiger partial charge in [0.25, 0.3) is 0 Å². The number of urea groups is 1. The number of rotatable bonds is 8. The largest absolute Gasteiger partial charge is 0.490 e. The second kappa shape index (κ2) is 11.1. The lowest BCUT2D eigenvalue weighted by Gasteiger charge is -2.22. The monoisotopic (exact) mass is 395 g/mol. The fourth-order valence-corrected chi connectivity index (χ4v) is 3.29. The maximum Gasteiger partial charge on any atom is 0.335 e. The van der Waals surface area contributed by atoms with E-state index in [9.17, 15) is 4.79 Å². The van der Waals surface area contributed by atoms with Crippen molar-refractivity contribution in [1.82, 2.24) is 10.7 Å². The number of hydrazone groups is 1. The molecule has 0 atom stereocenters. The number of carbonyl (C=O) groups excluding carboxylic acids is 1. The van der Waals surface area contributed by atoms with E-state index in [1.165, 1.54) is 24.8 Å². The molecule has 0 spiro atoms. The maximum atomic E-state index is 12.0. The number of hydrogen-bond donors (Lipinski definition) is 2. The van der Waals surface area contributed by atoms with Crippen LogP contribution in [0.2, 0.25) is 0 Å². The Hall–Kier alpha value is -3.02. The van der Waals surface area contributed by atoms with Gasteiger partial charge < -0.3 is 14.8 Å². The van der Waals surface area contributed by atoms with Gasteiger partial charge in [-0.05, 0) is 44.0 Å². The van der Waals surface area contributed by atoms with Crippen LogP contribution in [0, 0.1) is 6.92 Å². The van der Waals surface area contributed by atoms with Gasteiger partial charge in [-0.2, -0.15) is 5.10 Å². The van der Waals surface area contributed by atoms with Gasteiger partial charge in [-0.3, -0.25) is 0 Å². The molecular weight excluding hydrogens is 366 g/mol. The second-order valence-corrected chi connectivity index (χ2v) is 7.23. The highest BCUT2D eigenvalue weighted by molar-refractivity contribution is 5.84. The fourth-order valence-electron chi connectivity index (χ4n) is 3.29. The van der Waals surface area contributed by atoms with E-state index in [0.29, 0.717) is 19.0 Å². The summed E-state index contributed by atoms with van der Waals surface area (Å²) < 4.78 is 11.5. The average Bonchev–Trinajstić information content (AvgIpc) is 2.74. The molecule has 0 saturated heterocycles. The third-order valence-corrected chi connectivity index (χ3v) is 4.86. The number of aryl methyl sites for hydroxylation is 1. The van der Waals surface area contributed by atoms with Gasteiger partial charge in [-0.1, -0.05) is 49.1 Å². The summed E-state index contributed by atoms with van der Waals surface area (Å²) in [5, 5.41) is 7.02. The normalized spacial score (nSPS) is 14.5. The van der Waals surface area contributed by atoms with Crippen LogP contribution in [-0.2, 0) is 0 Å². The van der Waals surface area contributed by atoms with E-state index >= 15 is 0 Å². The minimum atomic E-state index is -0.266. The Balaban J connectivity index is 1.43. The van der Waals surface area contributed by atoms with Gasteiger partial charge in [0.1, 0.15) is 24.7 Å². The lowest BCUT2D eigenvalue weighted by Crippen LogP contribution is -2.41. The van der Waals surface area contributed by atoms with E-state index in [0.717, 1.165) is 24.2 Å². The summed E-state index contributed by atoms with van der Waals surface area (Å²) in [6, 6.07) is 15.5. The van der Waals surface area contributed by atoms with Crippen LogP contribution in [0.25, 0.3) is 0 Å². The van der Waals surface area contributed by atoms with E-state index < -0.39 is 0 Å². The summed E-state index contributed by atoms with van der Waals surface area (Å²) in [4.78, 5) is 12.0. The Bertz CT molecular complexity index is 799. The highest BCUT2D eigenvalue weighted by atomic mass is 16.5. The molecule has 29 heavy (non-hydrogen) atoms. The van der Waals surface area contributed by atoms with Gasteiger partial charge in [-0.15, -0.1) is 0 Å². The van der Waals surface area contributed by atoms with Crippen molar-refractivity contribution < 1.29 is 14.3 Å². The van der Waals surface area contributed by atoms with E-state index in [1.54, 1.807) is 6.21 Å². The van der Waals surface area contributed by atoms with Crippen molar-refractivity contribution in [2.24, 2.45) is 5.10 Å². The Morgan fingerprint density at radius 2 is 1.76 bits per heavy atom. The highest BCUT2D eigenvalue weighted by Crippen LogP contribution is 2.18. The molecule has 0 heterocycles. The van der Waals surface area contributed by atoms with Crippen molar-refractivity contribution in [3.63, 3.8) is 0 Å². The van der Waals surface area contributed by atoms with E-state index in [-0.39, 0.29) is 12.1 Å². The molecule has 6 nitrogen and oxygen atoms in total. The molecule has 2 N–H and O–H groups in total. The first-order chi connectivity index (χ1) is 14.2. The molecule has 0 bridgehead atoms. The third-order valence-electron chi connectivity index (χ3n) is 4.86. The number of ether oxygens (including phenoxy) is 2. The summed E-state index contributed by atoms with van der Waals surface area (Å²) >= 11 is 0. The van der Waals surface area contributed by atoms with Crippen molar-refractivity contribution in [3.8, 4) is 11.5 Å². The minimum absolute atomic E-state index is 0.253. The lowest BCUT2D eigenvalue weighted by atomic mass is 9.96. The number of hydrogen-bond acceptors (Lipinski definition) is 4. The Morgan fingerprint density at radius 1 is 1.03 bits per heavy atom. The van der Waals surface area contributed by atoms with Gasteiger partial charge in [-0.25, -0.2) is 10.2 Å². The molecule has 2 aromatic rings. The molecular formula is C23H29N3O3. The topological polar surface area (TPSA) is 72.0 Å². The van der Waals surface area contributed by atoms with Gasteiger partial charge in [0.2, 0.25) is 0 Å². The number of para-hydroxylation sites is 1. The van der Waals surface area contributed by atoms with E-state index in [4.69, 9.17) is 9.47 Å². The molecule has 154 valence electrons. The van der Waals surface area contributed by atoms with Crippen LogP contribution >= 0.6 is 0 Å². The fraction of sp³-hybridized carbons (Fsp3) is 0.391. The molecule has 1 aliphatic carbocycles. The average molecular weight is 396 g/mol. The molecule has 2 aromatic carbocycles. The summed E-state index contributed by atoms with van der Waals surface area (Å²) in [5.74, 6) is 1.51. The van der Waals surface area contributed by atoms with E-state index in [2.05, 4.69) is 15.8 Å². The van der Waals surface area contributed by atoms with E-state index in [1.807, 2.05) is 55.5 Å². The van der Waals surface area contributed by atoms with Crippen molar-refractivity contribution in [1.29, 1.82) is 0 Å². The van der Waals surface area contributed by atoms with Gasteiger partial charge in [0, 0.05) is 11.6 Å². The second-order valence-electron chi connectivity index (χ2n) is 7.23. The Labute approximate surface area is 172 Å². The predicted molar refractivity (Wildman–Crippen MR) is 115 cm³/mol. The maximum absolute atomic E-state index is 12.0.